The van der Waals surface area contributed by atoms with Gasteiger partial charge in [0.2, 0.25) is 5.91 Å². The molecule has 24 heavy (non-hydrogen) atoms. The lowest BCUT2D eigenvalue weighted by atomic mass is 10.0. The second kappa shape index (κ2) is 7.45. The van der Waals surface area contributed by atoms with E-state index in [1.165, 1.54) is 0 Å². The Balaban J connectivity index is 1.74. The monoisotopic (exact) mass is 325 g/mol. The number of benzene rings is 1. The van der Waals surface area contributed by atoms with Crippen molar-refractivity contribution in [2.75, 3.05) is 33.8 Å². The lowest BCUT2D eigenvalue weighted by Crippen LogP contribution is -2.49. The molecule has 5 heteroatoms. The minimum Gasteiger partial charge on any atom is -0.496 e. The van der Waals surface area contributed by atoms with Crippen molar-refractivity contribution in [3.8, 4) is 5.75 Å². The van der Waals surface area contributed by atoms with Crippen molar-refractivity contribution in [3.05, 3.63) is 59.9 Å². The van der Waals surface area contributed by atoms with Crippen LogP contribution in [0, 0.1) is 0 Å². The molecule has 0 bridgehead atoms. The fourth-order valence-electron chi connectivity index (χ4n) is 3.17. The second-order valence-electron chi connectivity index (χ2n) is 6.12. The smallest absolute Gasteiger partial charge is 0.227 e. The van der Waals surface area contributed by atoms with Crippen LogP contribution in [0.1, 0.15) is 17.2 Å². The molecule has 0 unspecified atom stereocenters. The number of methoxy groups -OCH3 is 1. The van der Waals surface area contributed by atoms with Gasteiger partial charge in [-0.1, -0.05) is 24.3 Å². The number of aromatic nitrogens is 1. The van der Waals surface area contributed by atoms with E-state index in [4.69, 9.17) is 4.74 Å². The number of pyridine rings is 1. The lowest BCUT2D eigenvalue weighted by Gasteiger charge is -2.40. The zero-order valence-electron chi connectivity index (χ0n) is 14.2. The minimum absolute atomic E-state index is 0.146. The number of hydrogen-bond donors (Lipinski definition) is 0. The summed E-state index contributed by atoms with van der Waals surface area (Å²) in [6, 6.07) is 12.0. The van der Waals surface area contributed by atoms with Crippen LogP contribution in [0.5, 0.6) is 5.75 Å². The van der Waals surface area contributed by atoms with Crippen molar-refractivity contribution in [1.29, 1.82) is 0 Å². The molecule has 0 spiro atoms. The van der Waals surface area contributed by atoms with Crippen LogP contribution in [-0.4, -0.2) is 54.5 Å². The number of amides is 1. The predicted molar refractivity (Wildman–Crippen MR) is 92.9 cm³/mol. The molecule has 0 aliphatic carbocycles. The molecule has 1 atom stereocenters. The summed E-state index contributed by atoms with van der Waals surface area (Å²) in [5.41, 5.74) is 2.08. The van der Waals surface area contributed by atoms with Crippen molar-refractivity contribution in [2.45, 2.75) is 12.5 Å². The summed E-state index contributed by atoms with van der Waals surface area (Å²) in [6.07, 6.45) is 3.88. The van der Waals surface area contributed by atoms with Gasteiger partial charge in [-0.3, -0.25) is 14.7 Å². The van der Waals surface area contributed by atoms with Gasteiger partial charge in [0.1, 0.15) is 5.75 Å². The molecule has 0 radical (unpaired) electrons. The number of hydrogen-bond acceptors (Lipinski definition) is 4. The largest absolute Gasteiger partial charge is 0.496 e. The normalized spacial score (nSPS) is 18.4. The highest BCUT2D eigenvalue weighted by molar-refractivity contribution is 5.78. The van der Waals surface area contributed by atoms with Gasteiger partial charge < -0.3 is 9.64 Å². The first-order chi connectivity index (χ1) is 11.7. The van der Waals surface area contributed by atoms with Gasteiger partial charge in [0.05, 0.1) is 19.6 Å². The van der Waals surface area contributed by atoms with E-state index >= 15 is 0 Å². The van der Waals surface area contributed by atoms with Gasteiger partial charge in [0, 0.05) is 37.6 Å². The summed E-state index contributed by atoms with van der Waals surface area (Å²) >= 11 is 0. The van der Waals surface area contributed by atoms with E-state index in [9.17, 15) is 4.79 Å². The maximum Gasteiger partial charge on any atom is 0.227 e. The summed E-state index contributed by atoms with van der Waals surface area (Å²) in [5.74, 6) is 1.02. The van der Waals surface area contributed by atoms with Crippen LogP contribution in [0.25, 0.3) is 0 Å². The Morgan fingerprint density at radius 1 is 1.25 bits per heavy atom. The molecule has 0 N–H and O–H groups in total. The number of likely N-dealkylation sites (N-methyl/N-ethyl adjacent to an activating group) is 1. The van der Waals surface area contributed by atoms with Crippen LogP contribution in [0.2, 0.25) is 0 Å². The van der Waals surface area contributed by atoms with Crippen molar-refractivity contribution in [3.63, 3.8) is 0 Å². The molecule has 1 aliphatic rings. The highest BCUT2D eigenvalue weighted by Crippen LogP contribution is 2.31. The minimum atomic E-state index is 0.146. The van der Waals surface area contributed by atoms with Gasteiger partial charge in [0.25, 0.3) is 0 Å². The number of carbonyl (C=O) groups is 1. The number of ether oxygens (including phenoxy) is 1. The van der Waals surface area contributed by atoms with Crippen molar-refractivity contribution < 1.29 is 9.53 Å². The maximum absolute atomic E-state index is 12.7. The van der Waals surface area contributed by atoms with E-state index in [0.29, 0.717) is 13.0 Å². The molecule has 2 heterocycles. The number of nitrogens with zero attached hydrogens (tertiary/aromatic N) is 3. The number of rotatable bonds is 4. The van der Waals surface area contributed by atoms with Crippen LogP contribution in [-0.2, 0) is 11.2 Å². The Labute approximate surface area is 142 Å². The third-order valence-electron chi connectivity index (χ3n) is 4.58. The molecule has 1 amide bonds. The molecule has 1 aromatic carbocycles. The zero-order chi connectivity index (χ0) is 16.9. The third kappa shape index (κ3) is 3.57. The molecule has 3 rings (SSSR count). The van der Waals surface area contributed by atoms with Crippen LogP contribution in [0.4, 0.5) is 0 Å². The maximum atomic E-state index is 12.7. The molecule has 1 aromatic heterocycles. The van der Waals surface area contributed by atoms with Gasteiger partial charge in [-0.15, -0.1) is 0 Å². The molecule has 2 aromatic rings. The van der Waals surface area contributed by atoms with Crippen molar-refractivity contribution in [1.82, 2.24) is 14.8 Å². The Morgan fingerprint density at radius 2 is 2.08 bits per heavy atom. The fraction of sp³-hybridized carbons (Fsp3) is 0.368. The van der Waals surface area contributed by atoms with Gasteiger partial charge in [-0.05, 0) is 24.7 Å². The Hall–Kier alpha value is -2.40. The molecule has 5 nitrogen and oxygen atoms in total. The third-order valence-corrected chi connectivity index (χ3v) is 4.58. The molecule has 1 aliphatic heterocycles. The standard InChI is InChI=1S/C19H23N3O2/c1-21-10-11-22(19(23)12-15-6-5-9-20-13-15)14-17(21)16-7-3-4-8-18(16)24-2/h3-9,13,17H,10-12,14H2,1-2H3/t17-/m0/s1. The van der Waals surface area contributed by atoms with Crippen molar-refractivity contribution >= 4 is 5.91 Å². The van der Waals surface area contributed by atoms with E-state index in [2.05, 4.69) is 23.0 Å². The first kappa shape index (κ1) is 16.5. The van der Waals surface area contributed by atoms with Crippen LogP contribution >= 0.6 is 0 Å². The Morgan fingerprint density at radius 3 is 2.83 bits per heavy atom. The highest BCUT2D eigenvalue weighted by atomic mass is 16.5. The second-order valence-corrected chi connectivity index (χ2v) is 6.12. The topological polar surface area (TPSA) is 45.7 Å². The van der Waals surface area contributed by atoms with Crippen LogP contribution < -0.4 is 4.74 Å². The number of piperazine rings is 1. The Kier molecular flexibility index (Phi) is 5.11. The summed E-state index contributed by atoms with van der Waals surface area (Å²) in [5, 5.41) is 0. The average molecular weight is 325 g/mol. The molecular formula is C19H23N3O2. The highest BCUT2D eigenvalue weighted by Gasteiger charge is 2.30. The van der Waals surface area contributed by atoms with Crippen LogP contribution in [0.15, 0.2) is 48.8 Å². The van der Waals surface area contributed by atoms with E-state index in [1.807, 2.05) is 35.2 Å². The van der Waals surface area contributed by atoms with Gasteiger partial charge in [0.15, 0.2) is 0 Å². The quantitative estimate of drug-likeness (QED) is 0.864. The number of carbonyl (C=O) groups excluding carboxylic acids is 1. The first-order valence-corrected chi connectivity index (χ1v) is 8.19. The first-order valence-electron chi connectivity index (χ1n) is 8.19. The molecule has 126 valence electrons. The average Bonchev–Trinajstić information content (AvgIpc) is 2.63. The van der Waals surface area contributed by atoms with Gasteiger partial charge in [-0.25, -0.2) is 0 Å². The summed E-state index contributed by atoms with van der Waals surface area (Å²) in [6.45, 7) is 2.28. The molecule has 1 fully saturated rings. The lowest BCUT2D eigenvalue weighted by molar-refractivity contribution is -0.133. The molecule has 0 saturated carbocycles. The summed E-state index contributed by atoms with van der Waals surface area (Å²) < 4.78 is 5.50. The fourth-order valence-corrected chi connectivity index (χ4v) is 3.17. The molecule has 1 saturated heterocycles. The van der Waals surface area contributed by atoms with E-state index in [0.717, 1.165) is 30.0 Å². The van der Waals surface area contributed by atoms with E-state index < -0.39 is 0 Å². The van der Waals surface area contributed by atoms with Gasteiger partial charge in [-0.2, -0.15) is 0 Å². The molecular weight excluding hydrogens is 302 g/mol. The van der Waals surface area contributed by atoms with Gasteiger partial charge >= 0.3 is 0 Å². The summed E-state index contributed by atoms with van der Waals surface area (Å²) in [4.78, 5) is 21.0. The zero-order valence-corrected chi connectivity index (χ0v) is 14.2. The van der Waals surface area contributed by atoms with E-state index in [-0.39, 0.29) is 11.9 Å². The number of para-hydroxylation sites is 1. The Bertz CT molecular complexity index is 690. The van der Waals surface area contributed by atoms with E-state index in [1.54, 1.807) is 19.5 Å². The SMILES string of the molecule is COc1ccccc1[C@@H]1CN(C(=O)Cc2cccnc2)CCN1C. The predicted octanol–water partition coefficient (Wildman–Crippen LogP) is 2.15. The van der Waals surface area contributed by atoms with Crippen LogP contribution in [0.3, 0.4) is 0 Å². The summed E-state index contributed by atoms with van der Waals surface area (Å²) in [7, 11) is 3.78. The van der Waals surface area contributed by atoms with Crippen molar-refractivity contribution in [2.24, 2.45) is 0 Å².